The fraction of sp³-hybridized carbons (Fsp3) is 0.583. The summed E-state index contributed by atoms with van der Waals surface area (Å²) in [6.45, 7) is 3.98. The predicted molar refractivity (Wildman–Crippen MR) is 64.0 cm³/mol. The van der Waals surface area contributed by atoms with E-state index in [4.69, 9.17) is 9.84 Å². The van der Waals surface area contributed by atoms with Crippen LogP contribution in [0.3, 0.4) is 0 Å². The molecule has 1 fully saturated rings. The van der Waals surface area contributed by atoms with Crippen molar-refractivity contribution in [3.8, 4) is 0 Å². The summed E-state index contributed by atoms with van der Waals surface area (Å²) in [5.41, 5.74) is -0.0131. The third-order valence-electron chi connectivity index (χ3n) is 3.33. The topological polar surface area (TPSA) is 102 Å². The zero-order valence-electron chi connectivity index (χ0n) is 10.6. The Morgan fingerprint density at radius 1 is 1.47 bits per heavy atom. The van der Waals surface area contributed by atoms with Crippen molar-refractivity contribution in [1.29, 1.82) is 0 Å². The van der Waals surface area contributed by atoms with Crippen molar-refractivity contribution in [1.82, 2.24) is 10.5 Å². The first kappa shape index (κ1) is 13.5. The molecule has 2 heterocycles. The molecule has 0 aromatic carbocycles. The summed E-state index contributed by atoms with van der Waals surface area (Å²) in [6.07, 6.45) is 1.76. The Morgan fingerprint density at radius 3 is 2.74 bits per heavy atom. The molecule has 1 saturated heterocycles. The van der Waals surface area contributed by atoms with Crippen molar-refractivity contribution in [3.05, 3.63) is 17.5 Å². The number of nitrogens with zero attached hydrogens (tertiary/aromatic N) is 1. The summed E-state index contributed by atoms with van der Waals surface area (Å²) in [7, 11) is 0. The highest BCUT2D eigenvalue weighted by molar-refractivity contribution is 5.94. The number of carbonyl (C=O) groups excluding carboxylic acids is 1. The molecule has 1 aromatic rings. The zero-order valence-corrected chi connectivity index (χ0v) is 10.6. The van der Waals surface area contributed by atoms with Gasteiger partial charge in [0.1, 0.15) is 0 Å². The molecule has 2 N–H and O–H groups in total. The third kappa shape index (κ3) is 3.31. The summed E-state index contributed by atoms with van der Waals surface area (Å²) in [4.78, 5) is 22.4. The molecule has 0 atom stereocenters. The van der Waals surface area contributed by atoms with E-state index in [1.807, 2.05) is 0 Å². The van der Waals surface area contributed by atoms with Gasteiger partial charge in [-0.05, 0) is 18.3 Å². The first-order valence-corrected chi connectivity index (χ1v) is 6.06. The summed E-state index contributed by atoms with van der Waals surface area (Å²) in [5.74, 6) is -2.02. The summed E-state index contributed by atoms with van der Waals surface area (Å²) in [5, 5.41) is 14.9. The number of aromatic nitrogens is 1. The van der Waals surface area contributed by atoms with Gasteiger partial charge in [-0.3, -0.25) is 4.79 Å². The van der Waals surface area contributed by atoms with E-state index in [2.05, 4.69) is 21.9 Å². The van der Waals surface area contributed by atoms with Crippen LogP contribution < -0.4 is 5.32 Å². The van der Waals surface area contributed by atoms with Crippen LogP contribution in [0.25, 0.3) is 0 Å². The molecule has 7 heteroatoms. The second kappa shape index (κ2) is 5.40. The monoisotopic (exact) mass is 268 g/mol. The van der Waals surface area contributed by atoms with Gasteiger partial charge in [0.25, 0.3) is 5.91 Å². The lowest BCUT2D eigenvalue weighted by molar-refractivity contribution is 0.0238. The molecule has 0 spiro atoms. The molecule has 19 heavy (non-hydrogen) atoms. The van der Waals surface area contributed by atoms with Crippen molar-refractivity contribution in [2.45, 2.75) is 19.8 Å². The molecule has 1 aliphatic heterocycles. The van der Waals surface area contributed by atoms with Crippen LogP contribution in [0.15, 0.2) is 10.6 Å². The molecule has 1 aromatic heterocycles. The maximum Gasteiger partial charge on any atom is 0.374 e. The average molecular weight is 268 g/mol. The maximum atomic E-state index is 11.8. The van der Waals surface area contributed by atoms with Gasteiger partial charge in [0.05, 0.1) is 0 Å². The van der Waals surface area contributed by atoms with Gasteiger partial charge in [-0.2, -0.15) is 0 Å². The summed E-state index contributed by atoms with van der Waals surface area (Å²) < 4.78 is 9.81. The average Bonchev–Trinajstić information content (AvgIpc) is 2.87. The van der Waals surface area contributed by atoms with Gasteiger partial charge >= 0.3 is 5.97 Å². The maximum absolute atomic E-state index is 11.8. The van der Waals surface area contributed by atoms with Crippen LogP contribution in [0.2, 0.25) is 0 Å². The quantitative estimate of drug-likeness (QED) is 0.841. The van der Waals surface area contributed by atoms with Crippen LogP contribution in [0.4, 0.5) is 0 Å². The summed E-state index contributed by atoms with van der Waals surface area (Å²) >= 11 is 0. The van der Waals surface area contributed by atoms with Gasteiger partial charge in [0, 0.05) is 25.8 Å². The van der Waals surface area contributed by atoms with Crippen molar-refractivity contribution >= 4 is 11.9 Å². The van der Waals surface area contributed by atoms with Crippen LogP contribution in [0.5, 0.6) is 0 Å². The lowest BCUT2D eigenvalue weighted by Crippen LogP contribution is -2.39. The van der Waals surface area contributed by atoms with Crippen LogP contribution >= 0.6 is 0 Å². The Kier molecular flexibility index (Phi) is 3.84. The minimum absolute atomic E-state index is 0.00722. The largest absolute Gasteiger partial charge is 0.475 e. The molecule has 0 saturated carbocycles. The number of amides is 1. The number of hydrogen-bond donors (Lipinski definition) is 2. The number of ether oxygens (including phenoxy) is 1. The lowest BCUT2D eigenvalue weighted by Gasteiger charge is -2.33. The minimum Gasteiger partial charge on any atom is -0.475 e. The number of carboxylic acids is 1. The van der Waals surface area contributed by atoms with Crippen LogP contribution in [-0.2, 0) is 4.74 Å². The van der Waals surface area contributed by atoms with Gasteiger partial charge < -0.3 is 19.7 Å². The van der Waals surface area contributed by atoms with E-state index in [1.165, 1.54) is 0 Å². The van der Waals surface area contributed by atoms with E-state index >= 15 is 0 Å². The van der Waals surface area contributed by atoms with Gasteiger partial charge in [-0.25, -0.2) is 4.79 Å². The van der Waals surface area contributed by atoms with Crippen molar-refractivity contribution in [2.24, 2.45) is 5.41 Å². The normalized spacial score (nSPS) is 17.9. The Balaban J connectivity index is 1.91. The molecule has 7 nitrogen and oxygen atoms in total. The van der Waals surface area contributed by atoms with E-state index in [0.29, 0.717) is 19.8 Å². The highest BCUT2D eigenvalue weighted by Crippen LogP contribution is 2.28. The third-order valence-corrected chi connectivity index (χ3v) is 3.33. The zero-order chi connectivity index (χ0) is 13.9. The fourth-order valence-electron chi connectivity index (χ4n) is 1.91. The number of rotatable bonds is 4. The highest BCUT2D eigenvalue weighted by Gasteiger charge is 2.28. The first-order chi connectivity index (χ1) is 9.00. The van der Waals surface area contributed by atoms with E-state index in [-0.39, 0.29) is 16.9 Å². The Hall–Kier alpha value is -1.89. The molecule has 0 bridgehead atoms. The number of carbonyl (C=O) groups is 2. The van der Waals surface area contributed by atoms with Gasteiger partial charge in [-0.15, -0.1) is 0 Å². The van der Waals surface area contributed by atoms with Gasteiger partial charge in [0.2, 0.25) is 5.76 Å². The lowest BCUT2D eigenvalue weighted by atomic mass is 9.82. The fourth-order valence-corrected chi connectivity index (χ4v) is 1.91. The molecule has 1 amide bonds. The van der Waals surface area contributed by atoms with Gasteiger partial charge in [0.15, 0.2) is 5.69 Å². The van der Waals surface area contributed by atoms with Crippen LogP contribution in [0.1, 0.15) is 40.8 Å². The van der Waals surface area contributed by atoms with E-state index in [1.54, 1.807) is 0 Å². The number of hydrogen-bond acceptors (Lipinski definition) is 5. The van der Waals surface area contributed by atoms with Crippen molar-refractivity contribution in [3.63, 3.8) is 0 Å². The molecule has 1 aliphatic rings. The second-order valence-corrected chi connectivity index (χ2v) is 4.99. The molecule has 2 rings (SSSR count). The second-order valence-electron chi connectivity index (χ2n) is 4.99. The van der Waals surface area contributed by atoms with Gasteiger partial charge in [-0.1, -0.05) is 12.1 Å². The standard InChI is InChI=1S/C12H16N2O5/c1-12(2-4-18-5-3-12)7-13-10(15)8-6-9(11(16)17)19-14-8/h6H,2-5,7H2,1H3,(H,13,15)(H,16,17). The molecular weight excluding hydrogens is 252 g/mol. The molecule has 0 unspecified atom stereocenters. The number of aromatic carboxylic acids is 1. The SMILES string of the molecule is CC1(CNC(=O)c2cc(C(=O)O)on2)CCOCC1. The smallest absolute Gasteiger partial charge is 0.374 e. The van der Waals surface area contributed by atoms with Crippen LogP contribution in [0, 0.1) is 5.41 Å². The van der Waals surface area contributed by atoms with E-state index in [0.717, 1.165) is 18.9 Å². The predicted octanol–water partition coefficient (Wildman–Crippen LogP) is 0.919. The Morgan fingerprint density at radius 2 is 2.16 bits per heavy atom. The highest BCUT2D eigenvalue weighted by atomic mass is 16.5. The molecule has 104 valence electrons. The van der Waals surface area contributed by atoms with Crippen molar-refractivity contribution in [2.75, 3.05) is 19.8 Å². The minimum atomic E-state index is -1.25. The molecular formula is C12H16N2O5. The van der Waals surface area contributed by atoms with Crippen molar-refractivity contribution < 1.29 is 24.0 Å². The number of nitrogens with one attached hydrogen (secondary N) is 1. The Labute approximate surface area is 109 Å². The number of carboxylic acid groups (broad SMARTS) is 1. The Bertz CT molecular complexity index is 476. The van der Waals surface area contributed by atoms with E-state index < -0.39 is 11.9 Å². The van der Waals surface area contributed by atoms with Crippen LogP contribution in [-0.4, -0.2) is 41.9 Å². The molecule has 0 radical (unpaired) electrons. The van der Waals surface area contributed by atoms with E-state index in [9.17, 15) is 9.59 Å². The first-order valence-electron chi connectivity index (χ1n) is 6.06. The molecule has 0 aliphatic carbocycles. The summed E-state index contributed by atoms with van der Waals surface area (Å²) in [6, 6.07) is 1.12.